The molecule has 1 unspecified atom stereocenters. The number of fused-ring (bicyclic) bond motifs is 1. The Kier molecular flexibility index (Phi) is 4.16. The van der Waals surface area contributed by atoms with Gasteiger partial charge in [-0.05, 0) is 32.1 Å². The molecule has 19 heavy (non-hydrogen) atoms. The third kappa shape index (κ3) is 3.31. The van der Waals surface area contributed by atoms with Gasteiger partial charge in [0.15, 0.2) is 0 Å². The number of nitrogens with two attached hydrogens (primary N) is 1. The van der Waals surface area contributed by atoms with Crippen molar-refractivity contribution >= 4 is 11.9 Å². The van der Waals surface area contributed by atoms with E-state index in [0.717, 1.165) is 30.5 Å². The van der Waals surface area contributed by atoms with Gasteiger partial charge in [0.2, 0.25) is 5.95 Å². The molecule has 0 saturated carbocycles. The van der Waals surface area contributed by atoms with Crippen LogP contribution < -0.4 is 16.6 Å². The molecule has 7 heteroatoms. The van der Waals surface area contributed by atoms with Crippen molar-refractivity contribution in [3.63, 3.8) is 0 Å². The average Bonchev–Trinajstić information content (AvgIpc) is 2.83. The molecule has 1 aliphatic rings. The summed E-state index contributed by atoms with van der Waals surface area (Å²) in [5.74, 6) is -0.543. The molecular formula is C12H18N4O3. The second kappa shape index (κ2) is 5.83. The van der Waals surface area contributed by atoms with Crippen LogP contribution in [0.25, 0.3) is 0 Å². The molecule has 1 aromatic rings. The van der Waals surface area contributed by atoms with Crippen molar-refractivity contribution in [3.8, 4) is 0 Å². The van der Waals surface area contributed by atoms with Crippen LogP contribution in [0.2, 0.25) is 0 Å². The van der Waals surface area contributed by atoms with E-state index in [9.17, 15) is 9.59 Å². The summed E-state index contributed by atoms with van der Waals surface area (Å²) in [6, 6.07) is -0.839. The zero-order valence-corrected chi connectivity index (χ0v) is 10.6. The lowest BCUT2D eigenvalue weighted by Crippen LogP contribution is -2.30. The van der Waals surface area contributed by atoms with Crippen molar-refractivity contribution in [2.24, 2.45) is 5.73 Å². The minimum atomic E-state index is -0.996. The molecule has 0 saturated heterocycles. The minimum absolute atomic E-state index is 0.0766. The molecule has 1 aliphatic carbocycles. The lowest BCUT2D eigenvalue weighted by molar-refractivity contribution is -0.138. The van der Waals surface area contributed by atoms with Crippen LogP contribution in [-0.2, 0) is 17.6 Å². The van der Waals surface area contributed by atoms with Gasteiger partial charge in [-0.2, -0.15) is 0 Å². The monoisotopic (exact) mass is 266 g/mol. The number of aryl methyl sites for hydroxylation is 1. The number of nitrogens with one attached hydrogen (secondary N) is 2. The highest BCUT2D eigenvalue weighted by atomic mass is 16.4. The molecule has 7 nitrogen and oxygen atoms in total. The highest BCUT2D eigenvalue weighted by Gasteiger charge is 2.17. The summed E-state index contributed by atoms with van der Waals surface area (Å²) in [6.07, 6.45) is 3.61. The first kappa shape index (κ1) is 13.5. The average molecular weight is 266 g/mol. The molecule has 0 amide bonds. The lowest BCUT2D eigenvalue weighted by atomic mass is 10.2. The molecule has 2 rings (SSSR count). The van der Waals surface area contributed by atoms with Crippen molar-refractivity contribution < 1.29 is 9.90 Å². The number of H-pyrrole nitrogens is 1. The summed E-state index contributed by atoms with van der Waals surface area (Å²) in [5, 5.41) is 11.6. The molecule has 5 N–H and O–H groups in total. The van der Waals surface area contributed by atoms with Gasteiger partial charge in [-0.25, -0.2) is 4.98 Å². The number of carboxylic acid groups (broad SMARTS) is 1. The fraction of sp³-hybridized carbons (Fsp3) is 0.583. The van der Waals surface area contributed by atoms with Crippen LogP contribution in [0.5, 0.6) is 0 Å². The normalized spacial score (nSPS) is 15.0. The van der Waals surface area contributed by atoms with E-state index in [0.29, 0.717) is 25.3 Å². The molecule has 104 valence electrons. The Morgan fingerprint density at radius 3 is 3.05 bits per heavy atom. The number of anilines is 1. The van der Waals surface area contributed by atoms with Crippen LogP contribution in [0.1, 0.15) is 30.5 Å². The summed E-state index contributed by atoms with van der Waals surface area (Å²) in [4.78, 5) is 29.3. The zero-order chi connectivity index (χ0) is 13.8. The van der Waals surface area contributed by atoms with Gasteiger partial charge in [0, 0.05) is 12.1 Å². The molecule has 0 spiro atoms. The first-order chi connectivity index (χ1) is 9.08. The maximum Gasteiger partial charge on any atom is 0.320 e. The molecule has 1 aromatic heterocycles. The Morgan fingerprint density at radius 2 is 2.32 bits per heavy atom. The molecule has 0 bridgehead atoms. The number of aromatic nitrogens is 2. The topological polar surface area (TPSA) is 121 Å². The van der Waals surface area contributed by atoms with Crippen molar-refractivity contribution in [1.82, 2.24) is 9.97 Å². The quantitative estimate of drug-likeness (QED) is 0.532. The largest absolute Gasteiger partial charge is 0.480 e. The first-order valence-corrected chi connectivity index (χ1v) is 6.42. The van der Waals surface area contributed by atoms with Gasteiger partial charge in [0.05, 0.1) is 5.69 Å². The van der Waals surface area contributed by atoms with Crippen molar-refractivity contribution in [1.29, 1.82) is 0 Å². The van der Waals surface area contributed by atoms with E-state index in [1.807, 2.05) is 0 Å². The first-order valence-electron chi connectivity index (χ1n) is 6.42. The molecular weight excluding hydrogens is 248 g/mol. The number of carboxylic acids is 1. The Labute approximate surface area is 110 Å². The van der Waals surface area contributed by atoms with E-state index in [4.69, 9.17) is 10.8 Å². The predicted molar refractivity (Wildman–Crippen MR) is 70.2 cm³/mol. The number of nitrogens with zero attached hydrogens (tertiary/aromatic N) is 1. The molecule has 0 aromatic carbocycles. The van der Waals surface area contributed by atoms with Gasteiger partial charge in [-0.3, -0.25) is 14.6 Å². The van der Waals surface area contributed by atoms with Crippen molar-refractivity contribution in [2.45, 2.75) is 38.1 Å². The fourth-order valence-corrected chi connectivity index (χ4v) is 2.18. The predicted octanol–water partition coefficient (Wildman–Crippen LogP) is -0.137. The maximum absolute atomic E-state index is 11.7. The third-order valence-electron chi connectivity index (χ3n) is 3.24. The van der Waals surface area contributed by atoms with Gasteiger partial charge in [0.1, 0.15) is 6.04 Å². The van der Waals surface area contributed by atoms with Gasteiger partial charge in [0.25, 0.3) is 5.56 Å². The van der Waals surface area contributed by atoms with Crippen LogP contribution in [0.15, 0.2) is 4.79 Å². The number of rotatable bonds is 6. The Balaban J connectivity index is 1.86. The van der Waals surface area contributed by atoms with Crippen LogP contribution >= 0.6 is 0 Å². The Bertz CT molecular complexity index is 526. The zero-order valence-electron chi connectivity index (χ0n) is 10.6. The highest BCUT2D eigenvalue weighted by molar-refractivity contribution is 5.72. The van der Waals surface area contributed by atoms with Crippen LogP contribution in [0, 0.1) is 0 Å². The smallest absolute Gasteiger partial charge is 0.320 e. The number of carbonyl (C=O) groups is 1. The number of hydrogen-bond acceptors (Lipinski definition) is 5. The van der Waals surface area contributed by atoms with Gasteiger partial charge < -0.3 is 16.2 Å². The Hall–Kier alpha value is -1.89. The summed E-state index contributed by atoms with van der Waals surface area (Å²) >= 11 is 0. The number of aromatic amines is 1. The van der Waals surface area contributed by atoms with Crippen LogP contribution in [-0.4, -0.2) is 33.6 Å². The number of hydrogen-bond donors (Lipinski definition) is 4. The maximum atomic E-state index is 11.7. The van der Waals surface area contributed by atoms with E-state index in [2.05, 4.69) is 15.3 Å². The molecule has 1 heterocycles. The molecule has 1 atom stereocenters. The number of aliphatic carboxylic acids is 1. The van der Waals surface area contributed by atoms with E-state index >= 15 is 0 Å². The SMILES string of the molecule is NC(CCCNc1nc2c(c(=O)[nH]1)CCC2)C(=O)O. The summed E-state index contributed by atoms with van der Waals surface area (Å²) in [6.45, 7) is 0.530. The standard InChI is InChI=1S/C12H18N4O3/c13-8(11(18)19)4-2-6-14-12-15-9-5-1-3-7(9)10(17)16-12/h8H,1-6,13H2,(H,18,19)(H2,14,15,16,17). The van der Waals surface area contributed by atoms with Crippen molar-refractivity contribution in [2.75, 3.05) is 11.9 Å². The van der Waals surface area contributed by atoms with E-state index in [1.54, 1.807) is 0 Å². The Morgan fingerprint density at radius 1 is 1.53 bits per heavy atom. The van der Waals surface area contributed by atoms with E-state index in [-0.39, 0.29) is 5.56 Å². The van der Waals surface area contributed by atoms with E-state index in [1.165, 1.54) is 0 Å². The lowest BCUT2D eigenvalue weighted by Gasteiger charge is -2.08. The van der Waals surface area contributed by atoms with Gasteiger partial charge in [-0.15, -0.1) is 0 Å². The van der Waals surface area contributed by atoms with Crippen LogP contribution in [0.3, 0.4) is 0 Å². The molecule has 0 fully saturated rings. The van der Waals surface area contributed by atoms with Crippen LogP contribution in [0.4, 0.5) is 5.95 Å². The molecule has 0 aliphatic heterocycles. The second-order valence-corrected chi connectivity index (χ2v) is 4.71. The second-order valence-electron chi connectivity index (χ2n) is 4.71. The highest BCUT2D eigenvalue weighted by Crippen LogP contribution is 2.16. The minimum Gasteiger partial charge on any atom is -0.480 e. The fourth-order valence-electron chi connectivity index (χ4n) is 2.18. The van der Waals surface area contributed by atoms with Crippen molar-refractivity contribution in [3.05, 3.63) is 21.6 Å². The van der Waals surface area contributed by atoms with E-state index < -0.39 is 12.0 Å². The van der Waals surface area contributed by atoms with Gasteiger partial charge >= 0.3 is 5.97 Å². The van der Waals surface area contributed by atoms with Gasteiger partial charge in [-0.1, -0.05) is 0 Å². The molecule has 0 radical (unpaired) electrons. The summed E-state index contributed by atoms with van der Waals surface area (Å²) in [7, 11) is 0. The summed E-state index contributed by atoms with van der Waals surface area (Å²) < 4.78 is 0. The third-order valence-corrected chi connectivity index (χ3v) is 3.24. The summed E-state index contributed by atoms with van der Waals surface area (Å²) in [5.41, 5.74) is 6.98.